The molecule has 8 nitrogen and oxygen atoms in total. The summed E-state index contributed by atoms with van der Waals surface area (Å²) >= 11 is 0. The van der Waals surface area contributed by atoms with Crippen LogP contribution in [0.25, 0.3) is 0 Å². The van der Waals surface area contributed by atoms with Crippen molar-refractivity contribution < 1.29 is 34.4 Å². The molecule has 0 unspecified atom stereocenters. The number of hydrogen-bond donors (Lipinski definition) is 3. The number of esters is 1. The fraction of sp³-hybridized carbons (Fsp3) is 0.423. The molecule has 4 rings (SSSR count). The molecule has 2 fully saturated rings. The van der Waals surface area contributed by atoms with Gasteiger partial charge in [0.15, 0.2) is 0 Å². The number of rotatable bonds is 5. The largest absolute Gasteiger partial charge is 0.473 e. The van der Waals surface area contributed by atoms with Gasteiger partial charge >= 0.3 is 17.9 Å². The highest BCUT2D eigenvalue weighted by Gasteiger charge is 2.62. The molecule has 182 valence electrons. The fourth-order valence-corrected chi connectivity index (χ4v) is 4.76. The van der Waals surface area contributed by atoms with Crippen molar-refractivity contribution in [2.45, 2.75) is 37.2 Å². The Kier molecular flexibility index (Phi) is 7.74. The molecule has 2 aromatic carbocycles. The number of hydrogen-bond acceptors (Lipinski definition) is 6. The summed E-state index contributed by atoms with van der Waals surface area (Å²) in [6, 6.07) is 18.2. The molecule has 3 N–H and O–H groups in total. The highest BCUT2D eigenvalue weighted by molar-refractivity contribution is 6.27. The number of aliphatic hydroxyl groups is 1. The Bertz CT molecular complexity index is 1000. The van der Waals surface area contributed by atoms with Crippen LogP contribution in [-0.2, 0) is 30.1 Å². The van der Waals surface area contributed by atoms with Crippen LogP contribution in [-0.4, -0.2) is 64.9 Å². The van der Waals surface area contributed by atoms with Crippen molar-refractivity contribution >= 4 is 17.9 Å². The van der Waals surface area contributed by atoms with Crippen molar-refractivity contribution in [3.05, 3.63) is 71.3 Å². The molecule has 0 spiro atoms. The molecule has 1 aliphatic heterocycles. The van der Waals surface area contributed by atoms with Crippen molar-refractivity contribution in [1.29, 1.82) is 0 Å². The Morgan fingerprint density at radius 3 is 2.00 bits per heavy atom. The molecule has 1 saturated carbocycles. The predicted molar refractivity (Wildman–Crippen MR) is 124 cm³/mol. The summed E-state index contributed by atoms with van der Waals surface area (Å²) in [6.45, 7) is 4.61. The van der Waals surface area contributed by atoms with Gasteiger partial charge in [-0.2, -0.15) is 0 Å². The minimum atomic E-state index is -1.82. The van der Waals surface area contributed by atoms with Gasteiger partial charge in [0, 0.05) is 19.6 Å². The summed E-state index contributed by atoms with van der Waals surface area (Å²) in [5, 5.41) is 25.8. The molecule has 2 atom stereocenters. The zero-order valence-corrected chi connectivity index (χ0v) is 19.4. The molecule has 0 radical (unpaired) electrons. The van der Waals surface area contributed by atoms with Gasteiger partial charge in [-0.05, 0) is 43.2 Å². The zero-order chi connectivity index (χ0) is 24.9. The molecular weight excluding hydrogens is 438 g/mol. The Labute approximate surface area is 198 Å². The van der Waals surface area contributed by atoms with Gasteiger partial charge in [0.2, 0.25) is 0 Å². The SMILES string of the molecule is COC(=O)[C@]1(c2ccc(C)cc2)C[C@@H]1CN1CCC(O)(c2ccccc2)CC1.O=C(O)C(=O)O. The van der Waals surface area contributed by atoms with Crippen LogP contribution in [0.1, 0.15) is 36.0 Å². The van der Waals surface area contributed by atoms with E-state index in [1.54, 1.807) is 0 Å². The molecule has 1 heterocycles. The third-order valence-electron chi connectivity index (χ3n) is 6.88. The second-order valence-electron chi connectivity index (χ2n) is 9.04. The maximum atomic E-state index is 12.6. The lowest BCUT2D eigenvalue weighted by Gasteiger charge is -2.39. The standard InChI is InChI=1S/C24H29NO3.C2H2O4/c1-18-8-10-20(11-9-18)24(22(26)28-2)16-21(24)17-25-14-12-23(27,13-15-25)19-6-4-3-5-7-19;3-1(4)2(5)6/h3-11,21,27H,12-17H2,1-2H3;(H,3,4)(H,5,6)/t21-,24+;/m1./s1. The topological polar surface area (TPSA) is 124 Å². The van der Waals surface area contributed by atoms with E-state index in [-0.39, 0.29) is 11.9 Å². The smallest absolute Gasteiger partial charge is 0.414 e. The second-order valence-corrected chi connectivity index (χ2v) is 9.04. The molecule has 0 aromatic heterocycles. The molecule has 2 aliphatic rings. The summed E-state index contributed by atoms with van der Waals surface area (Å²) in [5.41, 5.74) is 2.02. The van der Waals surface area contributed by atoms with Crippen molar-refractivity contribution in [2.24, 2.45) is 5.92 Å². The van der Waals surface area contributed by atoms with Crippen LogP contribution in [0.2, 0.25) is 0 Å². The van der Waals surface area contributed by atoms with E-state index < -0.39 is 23.0 Å². The van der Waals surface area contributed by atoms with Crippen LogP contribution in [0.4, 0.5) is 0 Å². The quantitative estimate of drug-likeness (QED) is 0.451. The number of carbonyl (C=O) groups excluding carboxylic acids is 1. The third kappa shape index (κ3) is 5.46. The first-order valence-electron chi connectivity index (χ1n) is 11.2. The minimum Gasteiger partial charge on any atom is -0.473 e. The fourth-order valence-electron chi connectivity index (χ4n) is 4.76. The van der Waals surface area contributed by atoms with E-state index in [1.807, 2.05) is 30.3 Å². The maximum Gasteiger partial charge on any atom is 0.414 e. The summed E-state index contributed by atoms with van der Waals surface area (Å²) in [4.78, 5) is 33.2. The molecule has 1 aliphatic carbocycles. The summed E-state index contributed by atoms with van der Waals surface area (Å²) < 4.78 is 5.18. The Morgan fingerprint density at radius 1 is 0.941 bits per heavy atom. The van der Waals surface area contributed by atoms with Crippen LogP contribution < -0.4 is 0 Å². The van der Waals surface area contributed by atoms with Crippen molar-refractivity contribution in [1.82, 2.24) is 4.90 Å². The first kappa shape index (κ1) is 25.4. The lowest BCUT2D eigenvalue weighted by Crippen LogP contribution is -2.44. The first-order chi connectivity index (χ1) is 16.1. The number of carboxylic acid groups (broad SMARTS) is 2. The number of benzene rings is 2. The Morgan fingerprint density at radius 2 is 1.50 bits per heavy atom. The van der Waals surface area contributed by atoms with E-state index in [0.717, 1.165) is 50.0 Å². The monoisotopic (exact) mass is 469 g/mol. The molecular formula is C26H31NO7. The summed E-state index contributed by atoms with van der Waals surface area (Å²) in [6.07, 6.45) is 2.28. The Balaban J connectivity index is 0.000000481. The van der Waals surface area contributed by atoms with Gasteiger partial charge in [-0.15, -0.1) is 0 Å². The van der Waals surface area contributed by atoms with Gasteiger partial charge in [0.25, 0.3) is 0 Å². The van der Waals surface area contributed by atoms with Crippen molar-refractivity contribution in [3.8, 4) is 0 Å². The number of likely N-dealkylation sites (tertiary alicyclic amines) is 1. The van der Waals surface area contributed by atoms with Gasteiger partial charge in [-0.25, -0.2) is 9.59 Å². The van der Waals surface area contributed by atoms with E-state index >= 15 is 0 Å². The average Bonchev–Trinajstić information content (AvgIpc) is 3.56. The molecule has 2 aromatic rings. The number of carboxylic acids is 2. The van der Waals surface area contributed by atoms with Gasteiger partial charge < -0.3 is 25.0 Å². The summed E-state index contributed by atoms with van der Waals surface area (Å²) in [7, 11) is 1.48. The number of methoxy groups -OCH3 is 1. The van der Waals surface area contributed by atoms with Crippen molar-refractivity contribution in [2.75, 3.05) is 26.7 Å². The van der Waals surface area contributed by atoms with Gasteiger partial charge in [-0.1, -0.05) is 60.2 Å². The third-order valence-corrected chi connectivity index (χ3v) is 6.88. The maximum absolute atomic E-state index is 12.6. The number of ether oxygens (including phenoxy) is 1. The number of piperidine rings is 1. The highest BCUT2D eigenvalue weighted by Crippen LogP contribution is 2.55. The zero-order valence-electron chi connectivity index (χ0n) is 19.4. The van der Waals surface area contributed by atoms with Crippen LogP contribution in [0.3, 0.4) is 0 Å². The van der Waals surface area contributed by atoms with E-state index in [1.165, 1.54) is 12.7 Å². The van der Waals surface area contributed by atoms with Crippen LogP contribution in [0, 0.1) is 12.8 Å². The van der Waals surface area contributed by atoms with E-state index in [4.69, 9.17) is 24.5 Å². The van der Waals surface area contributed by atoms with E-state index in [9.17, 15) is 9.90 Å². The molecule has 8 heteroatoms. The van der Waals surface area contributed by atoms with Gasteiger partial charge in [0.1, 0.15) is 0 Å². The molecule has 0 amide bonds. The van der Waals surface area contributed by atoms with Crippen LogP contribution in [0.5, 0.6) is 0 Å². The molecule has 1 saturated heterocycles. The number of carbonyl (C=O) groups is 3. The lowest BCUT2D eigenvalue weighted by atomic mass is 9.84. The summed E-state index contributed by atoms with van der Waals surface area (Å²) in [5.74, 6) is -3.50. The van der Waals surface area contributed by atoms with Gasteiger partial charge in [0.05, 0.1) is 18.1 Å². The predicted octanol–water partition coefficient (Wildman–Crippen LogP) is 2.56. The normalized spacial score (nSPS) is 23.2. The first-order valence-corrected chi connectivity index (χ1v) is 11.2. The average molecular weight is 470 g/mol. The highest BCUT2D eigenvalue weighted by atomic mass is 16.5. The van der Waals surface area contributed by atoms with E-state index in [2.05, 4.69) is 36.1 Å². The lowest BCUT2D eigenvalue weighted by molar-refractivity contribution is -0.159. The number of aliphatic carboxylic acids is 2. The number of nitrogens with zero attached hydrogens (tertiary/aromatic N) is 1. The molecule has 0 bridgehead atoms. The van der Waals surface area contributed by atoms with Crippen molar-refractivity contribution in [3.63, 3.8) is 0 Å². The van der Waals surface area contributed by atoms with Crippen LogP contribution >= 0.6 is 0 Å². The minimum absolute atomic E-state index is 0.126. The van der Waals surface area contributed by atoms with Gasteiger partial charge in [-0.3, -0.25) is 4.79 Å². The number of aryl methyl sites for hydroxylation is 1. The van der Waals surface area contributed by atoms with E-state index in [0.29, 0.717) is 0 Å². The molecule has 34 heavy (non-hydrogen) atoms. The Hall–Kier alpha value is -3.23. The van der Waals surface area contributed by atoms with Crippen LogP contribution in [0.15, 0.2) is 54.6 Å². The second kappa shape index (κ2) is 10.4.